The molecule has 1 aromatic rings. The standard InChI is InChI=1S/C11H12F3NO3S2/c1-20(17,18)7-6-15-10(16)8-2-4-9(5-3-8)19-11(12,13)14/h2-5H,6-7H2,1H3,(H,15,16). The van der Waals surface area contributed by atoms with Gasteiger partial charge in [-0.05, 0) is 36.0 Å². The van der Waals surface area contributed by atoms with Crippen LogP contribution in [0.2, 0.25) is 0 Å². The number of sulfone groups is 1. The second-order valence-electron chi connectivity index (χ2n) is 3.96. The van der Waals surface area contributed by atoms with Crippen molar-refractivity contribution in [2.45, 2.75) is 10.4 Å². The Balaban J connectivity index is 2.58. The van der Waals surface area contributed by atoms with Gasteiger partial charge in [0.2, 0.25) is 0 Å². The lowest BCUT2D eigenvalue weighted by Gasteiger charge is -2.07. The van der Waals surface area contributed by atoms with Crippen molar-refractivity contribution in [3.8, 4) is 0 Å². The summed E-state index contributed by atoms with van der Waals surface area (Å²) in [6.07, 6.45) is 1.04. The number of carbonyl (C=O) groups is 1. The summed E-state index contributed by atoms with van der Waals surface area (Å²) in [7, 11) is -3.17. The molecular weight excluding hydrogens is 315 g/mol. The van der Waals surface area contributed by atoms with E-state index >= 15 is 0 Å². The maximum absolute atomic E-state index is 12.1. The summed E-state index contributed by atoms with van der Waals surface area (Å²) in [5.74, 6) is -0.724. The average molecular weight is 327 g/mol. The van der Waals surface area contributed by atoms with Gasteiger partial charge in [0.1, 0.15) is 9.84 Å². The smallest absolute Gasteiger partial charge is 0.351 e. The van der Waals surface area contributed by atoms with Crippen molar-refractivity contribution in [2.24, 2.45) is 0 Å². The molecule has 0 aromatic heterocycles. The summed E-state index contributed by atoms with van der Waals surface area (Å²) in [4.78, 5) is 11.6. The fourth-order valence-electron chi connectivity index (χ4n) is 1.26. The Morgan fingerprint density at radius 2 is 1.80 bits per heavy atom. The zero-order valence-corrected chi connectivity index (χ0v) is 12.0. The highest BCUT2D eigenvalue weighted by Crippen LogP contribution is 2.36. The fraction of sp³-hybridized carbons (Fsp3) is 0.364. The van der Waals surface area contributed by atoms with E-state index in [4.69, 9.17) is 0 Å². The Morgan fingerprint density at radius 1 is 1.25 bits per heavy atom. The number of thioether (sulfide) groups is 1. The topological polar surface area (TPSA) is 63.2 Å². The van der Waals surface area contributed by atoms with Crippen molar-refractivity contribution in [1.82, 2.24) is 5.32 Å². The predicted octanol–water partition coefficient (Wildman–Crippen LogP) is 2.07. The molecule has 0 bridgehead atoms. The highest BCUT2D eigenvalue weighted by Gasteiger charge is 2.29. The second-order valence-corrected chi connectivity index (χ2v) is 7.36. The van der Waals surface area contributed by atoms with Crippen molar-refractivity contribution in [2.75, 3.05) is 18.6 Å². The van der Waals surface area contributed by atoms with Gasteiger partial charge in [-0.25, -0.2) is 8.42 Å². The highest BCUT2D eigenvalue weighted by atomic mass is 32.2. The van der Waals surface area contributed by atoms with Gasteiger partial charge in [-0.3, -0.25) is 4.79 Å². The van der Waals surface area contributed by atoms with Crippen molar-refractivity contribution < 1.29 is 26.4 Å². The van der Waals surface area contributed by atoms with Crippen molar-refractivity contribution in [3.05, 3.63) is 29.8 Å². The number of hydrogen-bond acceptors (Lipinski definition) is 4. The zero-order chi connectivity index (χ0) is 15.4. The van der Waals surface area contributed by atoms with Gasteiger partial charge >= 0.3 is 5.51 Å². The molecule has 20 heavy (non-hydrogen) atoms. The van der Waals surface area contributed by atoms with E-state index in [1.54, 1.807) is 0 Å². The molecule has 0 aliphatic heterocycles. The molecule has 0 fully saturated rings. The van der Waals surface area contributed by atoms with Crippen LogP contribution in [0.5, 0.6) is 0 Å². The molecule has 112 valence electrons. The quantitative estimate of drug-likeness (QED) is 0.841. The predicted molar refractivity (Wildman–Crippen MR) is 70.4 cm³/mol. The molecule has 1 aromatic carbocycles. The molecule has 0 radical (unpaired) electrons. The van der Waals surface area contributed by atoms with Crippen LogP contribution < -0.4 is 5.32 Å². The molecule has 0 aliphatic carbocycles. The van der Waals surface area contributed by atoms with Gasteiger partial charge in [-0.1, -0.05) is 0 Å². The third kappa shape index (κ3) is 6.80. The highest BCUT2D eigenvalue weighted by molar-refractivity contribution is 8.00. The van der Waals surface area contributed by atoms with Crippen LogP contribution in [0.15, 0.2) is 29.2 Å². The van der Waals surface area contributed by atoms with Gasteiger partial charge in [0, 0.05) is 23.3 Å². The summed E-state index contributed by atoms with van der Waals surface area (Å²) in [6.45, 7) is -0.0449. The number of hydrogen-bond donors (Lipinski definition) is 1. The fourth-order valence-corrected chi connectivity index (χ4v) is 2.27. The normalized spacial score (nSPS) is 12.2. The Kier molecular flexibility index (Phi) is 5.46. The summed E-state index contributed by atoms with van der Waals surface area (Å²) in [5.41, 5.74) is -4.20. The molecule has 0 heterocycles. The third-order valence-electron chi connectivity index (χ3n) is 2.11. The molecule has 0 unspecified atom stereocenters. The summed E-state index contributed by atoms with van der Waals surface area (Å²) < 4.78 is 58.0. The molecule has 0 aliphatic rings. The first-order valence-electron chi connectivity index (χ1n) is 5.38. The Labute approximate surface area is 118 Å². The van der Waals surface area contributed by atoms with E-state index in [-0.39, 0.29) is 34.5 Å². The van der Waals surface area contributed by atoms with Gasteiger partial charge < -0.3 is 5.32 Å². The largest absolute Gasteiger partial charge is 0.446 e. The lowest BCUT2D eigenvalue weighted by Crippen LogP contribution is -2.28. The van der Waals surface area contributed by atoms with E-state index in [2.05, 4.69) is 5.32 Å². The minimum absolute atomic E-state index is 0.0230. The monoisotopic (exact) mass is 327 g/mol. The van der Waals surface area contributed by atoms with E-state index in [1.807, 2.05) is 0 Å². The Hall–Kier alpha value is -1.22. The number of amides is 1. The first-order chi connectivity index (χ1) is 9.07. The maximum Gasteiger partial charge on any atom is 0.446 e. The van der Waals surface area contributed by atoms with Crippen LogP contribution in [0.1, 0.15) is 10.4 Å². The summed E-state index contributed by atoms with van der Waals surface area (Å²) in [5, 5.41) is 2.38. The molecule has 1 rings (SSSR count). The third-order valence-corrected chi connectivity index (χ3v) is 3.79. The van der Waals surface area contributed by atoms with E-state index in [0.29, 0.717) is 0 Å². The van der Waals surface area contributed by atoms with Gasteiger partial charge in [0.05, 0.1) is 5.75 Å². The van der Waals surface area contributed by atoms with Crippen LogP contribution >= 0.6 is 11.8 Å². The molecule has 1 amide bonds. The second kappa shape index (κ2) is 6.49. The maximum atomic E-state index is 12.1. The first-order valence-corrected chi connectivity index (χ1v) is 8.26. The van der Waals surface area contributed by atoms with Gasteiger partial charge in [0.15, 0.2) is 0 Å². The minimum atomic E-state index is -4.38. The van der Waals surface area contributed by atoms with Crippen molar-refractivity contribution >= 4 is 27.5 Å². The average Bonchev–Trinajstić information content (AvgIpc) is 2.25. The minimum Gasteiger partial charge on any atom is -0.351 e. The molecule has 0 spiro atoms. The molecule has 9 heteroatoms. The number of rotatable bonds is 5. The molecule has 0 saturated heterocycles. The van der Waals surface area contributed by atoms with Crippen LogP contribution in [-0.4, -0.2) is 38.4 Å². The number of halogens is 3. The van der Waals surface area contributed by atoms with Crippen molar-refractivity contribution in [3.63, 3.8) is 0 Å². The van der Waals surface area contributed by atoms with E-state index in [1.165, 1.54) is 24.3 Å². The number of nitrogens with one attached hydrogen (secondary N) is 1. The van der Waals surface area contributed by atoms with Gasteiger partial charge in [-0.15, -0.1) is 0 Å². The first kappa shape index (κ1) is 16.8. The SMILES string of the molecule is CS(=O)(=O)CCNC(=O)c1ccc(SC(F)(F)F)cc1. The van der Waals surface area contributed by atoms with E-state index in [9.17, 15) is 26.4 Å². The van der Waals surface area contributed by atoms with Gasteiger partial charge in [0.25, 0.3) is 5.91 Å². The zero-order valence-electron chi connectivity index (χ0n) is 10.4. The van der Waals surface area contributed by atoms with Crippen LogP contribution in [0, 0.1) is 0 Å². The lowest BCUT2D eigenvalue weighted by atomic mass is 10.2. The number of alkyl halides is 3. The van der Waals surface area contributed by atoms with Crippen LogP contribution in [0.25, 0.3) is 0 Å². The molecule has 0 atom stereocenters. The van der Waals surface area contributed by atoms with Crippen molar-refractivity contribution in [1.29, 1.82) is 0 Å². The lowest BCUT2D eigenvalue weighted by molar-refractivity contribution is -0.0328. The summed E-state index contributed by atoms with van der Waals surface area (Å²) >= 11 is -0.269. The number of carbonyl (C=O) groups excluding carboxylic acids is 1. The van der Waals surface area contributed by atoms with Gasteiger partial charge in [-0.2, -0.15) is 13.2 Å². The van der Waals surface area contributed by atoms with E-state index < -0.39 is 21.3 Å². The molecule has 4 nitrogen and oxygen atoms in total. The van der Waals surface area contributed by atoms with Crippen LogP contribution in [0.4, 0.5) is 13.2 Å². The molecular formula is C11H12F3NO3S2. The van der Waals surface area contributed by atoms with Crippen LogP contribution in [0.3, 0.4) is 0 Å². The Morgan fingerprint density at radius 3 is 2.25 bits per heavy atom. The molecule has 0 saturated carbocycles. The summed E-state index contributed by atoms with van der Waals surface area (Å²) in [6, 6.07) is 4.88. The van der Waals surface area contributed by atoms with Crippen LogP contribution in [-0.2, 0) is 9.84 Å². The molecule has 1 N–H and O–H groups in total. The van der Waals surface area contributed by atoms with E-state index in [0.717, 1.165) is 6.26 Å². The Bertz CT molecular complexity index is 568. The number of benzene rings is 1.